The number of hydrogen-bond donors (Lipinski definition) is 3. The second-order valence-corrected chi connectivity index (χ2v) is 8.87. The molecule has 7 nitrogen and oxygen atoms in total. The molecule has 0 aliphatic carbocycles. The average Bonchev–Trinajstić information content (AvgIpc) is 2.76. The van der Waals surface area contributed by atoms with Crippen molar-refractivity contribution < 1.29 is 24.2 Å². The van der Waals surface area contributed by atoms with Gasteiger partial charge in [-0.3, -0.25) is 14.4 Å². The number of benzene rings is 1. The van der Waals surface area contributed by atoms with Gasteiger partial charge in [0.1, 0.15) is 6.61 Å². The van der Waals surface area contributed by atoms with Crippen molar-refractivity contribution in [2.24, 2.45) is 17.8 Å². The van der Waals surface area contributed by atoms with E-state index in [9.17, 15) is 14.4 Å². The van der Waals surface area contributed by atoms with Crippen LogP contribution in [0.15, 0.2) is 42.5 Å². The number of aliphatic hydroxyl groups is 1. The zero-order valence-corrected chi connectivity index (χ0v) is 19.3. The Kier molecular flexibility index (Phi) is 10.4. The summed E-state index contributed by atoms with van der Waals surface area (Å²) in [6, 6.07) is 9.12. The maximum absolute atomic E-state index is 12.9. The Hall–Kier alpha value is -2.67. The van der Waals surface area contributed by atoms with Crippen molar-refractivity contribution in [3.8, 4) is 0 Å². The van der Waals surface area contributed by atoms with Gasteiger partial charge in [-0.05, 0) is 37.7 Å². The lowest BCUT2D eigenvalue weighted by molar-refractivity contribution is -0.150. The zero-order valence-electron chi connectivity index (χ0n) is 19.3. The van der Waals surface area contributed by atoms with Crippen LogP contribution in [0, 0.1) is 17.8 Å². The van der Waals surface area contributed by atoms with E-state index >= 15 is 0 Å². The molecule has 1 heterocycles. The normalized spacial score (nSPS) is 23.5. The number of hydrogen-bond acceptors (Lipinski definition) is 5. The number of carbonyl (C=O) groups excluding carboxylic acids is 3. The molecule has 0 saturated heterocycles. The molecule has 4 atom stereocenters. The SMILES string of the molecule is CC(C)[C@H]1COC(=O)[C@@H](Cc2ccccc2)CC=CC[C@H](CC(=O)N[C@H](C)CO)C(=O)N1. The molecule has 1 aliphatic rings. The minimum absolute atomic E-state index is 0.0263. The Labute approximate surface area is 190 Å². The number of aliphatic hydroxyl groups excluding tert-OH is 1. The predicted molar refractivity (Wildman–Crippen MR) is 123 cm³/mol. The highest BCUT2D eigenvalue weighted by Gasteiger charge is 2.28. The van der Waals surface area contributed by atoms with Gasteiger partial charge in [0.05, 0.1) is 24.5 Å². The third-order valence-electron chi connectivity index (χ3n) is 5.69. The van der Waals surface area contributed by atoms with Crippen molar-refractivity contribution in [2.75, 3.05) is 13.2 Å². The smallest absolute Gasteiger partial charge is 0.309 e. The first-order valence-corrected chi connectivity index (χ1v) is 11.4. The number of amides is 2. The fraction of sp³-hybridized carbons (Fsp3) is 0.560. The van der Waals surface area contributed by atoms with Crippen LogP contribution in [0.25, 0.3) is 0 Å². The molecule has 2 amide bonds. The van der Waals surface area contributed by atoms with Gasteiger partial charge in [-0.15, -0.1) is 0 Å². The minimum atomic E-state index is -0.541. The Morgan fingerprint density at radius 3 is 2.41 bits per heavy atom. The zero-order chi connectivity index (χ0) is 23.5. The molecule has 1 aromatic carbocycles. The average molecular weight is 445 g/mol. The summed E-state index contributed by atoms with van der Waals surface area (Å²) in [5.74, 6) is -1.58. The van der Waals surface area contributed by atoms with E-state index in [0.29, 0.717) is 19.3 Å². The summed E-state index contributed by atoms with van der Waals surface area (Å²) in [7, 11) is 0. The van der Waals surface area contributed by atoms with Crippen LogP contribution in [-0.2, 0) is 25.5 Å². The van der Waals surface area contributed by atoms with Crippen LogP contribution in [0.3, 0.4) is 0 Å². The molecule has 0 unspecified atom stereocenters. The topological polar surface area (TPSA) is 105 Å². The lowest BCUT2D eigenvalue weighted by Crippen LogP contribution is -2.46. The Balaban J connectivity index is 2.16. The van der Waals surface area contributed by atoms with Crippen LogP contribution in [0.2, 0.25) is 0 Å². The Bertz CT molecular complexity index is 778. The molecule has 0 spiro atoms. The number of ether oxygens (including phenoxy) is 1. The second kappa shape index (κ2) is 13.0. The molecule has 0 radical (unpaired) electrons. The first-order valence-electron chi connectivity index (χ1n) is 11.4. The van der Waals surface area contributed by atoms with Crippen molar-refractivity contribution >= 4 is 17.8 Å². The monoisotopic (exact) mass is 444 g/mol. The fourth-order valence-electron chi connectivity index (χ4n) is 3.56. The molecule has 0 saturated carbocycles. The van der Waals surface area contributed by atoms with Crippen molar-refractivity contribution in [1.82, 2.24) is 10.6 Å². The van der Waals surface area contributed by atoms with Gasteiger partial charge in [-0.25, -0.2) is 0 Å². The highest BCUT2D eigenvalue weighted by molar-refractivity contribution is 5.86. The van der Waals surface area contributed by atoms with E-state index in [1.807, 2.05) is 56.3 Å². The minimum Gasteiger partial charge on any atom is -0.463 e. The number of cyclic esters (lactones) is 1. The van der Waals surface area contributed by atoms with Gasteiger partial charge >= 0.3 is 5.97 Å². The maximum Gasteiger partial charge on any atom is 0.309 e. The van der Waals surface area contributed by atoms with Gasteiger partial charge in [0.2, 0.25) is 11.8 Å². The summed E-state index contributed by atoms with van der Waals surface area (Å²) < 4.78 is 5.61. The fourth-order valence-corrected chi connectivity index (χ4v) is 3.56. The van der Waals surface area contributed by atoms with Crippen molar-refractivity contribution in [1.29, 1.82) is 0 Å². The Morgan fingerprint density at radius 1 is 1.12 bits per heavy atom. The lowest BCUT2D eigenvalue weighted by atomic mass is 9.93. The number of rotatable bonds is 7. The summed E-state index contributed by atoms with van der Waals surface area (Å²) in [6.07, 6.45) is 5.26. The molecular formula is C25H36N2O5. The number of allylic oxidation sites excluding steroid dienone is 2. The van der Waals surface area contributed by atoms with Gasteiger partial charge in [0.15, 0.2) is 0 Å². The van der Waals surface area contributed by atoms with Crippen LogP contribution in [-0.4, -0.2) is 48.2 Å². The van der Waals surface area contributed by atoms with Crippen molar-refractivity contribution in [3.63, 3.8) is 0 Å². The largest absolute Gasteiger partial charge is 0.463 e. The molecular weight excluding hydrogens is 408 g/mol. The molecule has 7 heteroatoms. The maximum atomic E-state index is 12.9. The third-order valence-corrected chi connectivity index (χ3v) is 5.69. The van der Waals surface area contributed by atoms with Gasteiger partial charge in [0, 0.05) is 12.5 Å². The highest BCUT2D eigenvalue weighted by atomic mass is 16.5. The first kappa shape index (κ1) is 25.6. The molecule has 1 aromatic rings. The van der Waals surface area contributed by atoms with Crippen LogP contribution in [0.4, 0.5) is 0 Å². The van der Waals surface area contributed by atoms with E-state index in [4.69, 9.17) is 9.84 Å². The van der Waals surface area contributed by atoms with Crippen molar-refractivity contribution in [3.05, 3.63) is 48.0 Å². The van der Waals surface area contributed by atoms with Gasteiger partial charge in [-0.1, -0.05) is 56.3 Å². The van der Waals surface area contributed by atoms with E-state index in [2.05, 4.69) is 10.6 Å². The van der Waals surface area contributed by atoms with Gasteiger partial charge in [-0.2, -0.15) is 0 Å². The number of carbonyl (C=O) groups is 3. The summed E-state index contributed by atoms with van der Waals surface area (Å²) in [4.78, 5) is 38.0. The van der Waals surface area contributed by atoms with Crippen LogP contribution in [0.5, 0.6) is 0 Å². The quantitative estimate of drug-likeness (QED) is 0.442. The summed E-state index contributed by atoms with van der Waals surface area (Å²) in [5, 5.41) is 14.8. The Morgan fingerprint density at radius 2 is 1.78 bits per heavy atom. The molecule has 0 fully saturated rings. The van der Waals surface area contributed by atoms with Crippen molar-refractivity contribution in [2.45, 2.75) is 58.5 Å². The van der Waals surface area contributed by atoms with E-state index < -0.39 is 5.92 Å². The van der Waals surface area contributed by atoms with Gasteiger partial charge < -0.3 is 20.5 Å². The number of esters is 1. The van der Waals surface area contributed by atoms with E-state index in [0.717, 1.165) is 5.56 Å². The second-order valence-electron chi connectivity index (χ2n) is 8.87. The molecule has 1 aliphatic heterocycles. The third kappa shape index (κ3) is 8.46. The van der Waals surface area contributed by atoms with Crippen LogP contribution < -0.4 is 10.6 Å². The molecule has 0 bridgehead atoms. The molecule has 3 N–H and O–H groups in total. The number of nitrogens with one attached hydrogen (secondary N) is 2. The first-order chi connectivity index (χ1) is 15.3. The summed E-state index contributed by atoms with van der Waals surface area (Å²) in [5.41, 5.74) is 1.07. The molecule has 2 rings (SSSR count). The van der Waals surface area contributed by atoms with Crippen LogP contribution in [0.1, 0.15) is 45.6 Å². The summed E-state index contributed by atoms with van der Waals surface area (Å²) in [6.45, 7) is 5.55. The van der Waals surface area contributed by atoms with E-state index in [1.54, 1.807) is 6.92 Å². The highest BCUT2D eigenvalue weighted by Crippen LogP contribution is 2.19. The van der Waals surface area contributed by atoms with Crippen LogP contribution >= 0.6 is 0 Å². The lowest BCUT2D eigenvalue weighted by Gasteiger charge is -2.26. The predicted octanol–water partition coefficient (Wildman–Crippen LogP) is 2.38. The van der Waals surface area contributed by atoms with Gasteiger partial charge in [0.25, 0.3) is 0 Å². The molecule has 32 heavy (non-hydrogen) atoms. The molecule has 176 valence electrons. The molecule has 0 aromatic heterocycles. The van der Waals surface area contributed by atoms with E-state index in [1.165, 1.54) is 0 Å². The summed E-state index contributed by atoms with van der Waals surface area (Å²) >= 11 is 0. The van der Waals surface area contributed by atoms with E-state index in [-0.39, 0.29) is 61.3 Å². The standard InChI is InChI=1S/C25H36N2O5/c1-17(2)22-16-32-25(31)21(13-19-9-5-4-6-10-19)12-8-7-11-20(24(30)27-22)14-23(29)26-18(3)15-28/h4-10,17-18,20-22,28H,11-16H2,1-3H3,(H,26,29)(H,27,30)/t18-,20-,21-,22-/m1/s1.